The summed E-state index contributed by atoms with van der Waals surface area (Å²) in [5, 5.41) is 2.45. The van der Waals surface area contributed by atoms with E-state index in [1.807, 2.05) is 0 Å². The molecule has 5 nitrogen and oxygen atoms in total. The summed E-state index contributed by atoms with van der Waals surface area (Å²) in [6.45, 7) is 0. The van der Waals surface area contributed by atoms with Gasteiger partial charge in [0.05, 0.1) is 13.0 Å². The molecule has 2 unspecified atom stereocenters. The van der Waals surface area contributed by atoms with Crippen LogP contribution >= 0.6 is 0 Å². The van der Waals surface area contributed by atoms with E-state index >= 15 is 0 Å². The van der Waals surface area contributed by atoms with E-state index in [4.69, 9.17) is 10.5 Å². The van der Waals surface area contributed by atoms with Gasteiger partial charge in [-0.25, -0.2) is 0 Å². The summed E-state index contributed by atoms with van der Waals surface area (Å²) in [5.41, 5.74) is 8.25. The molecule has 1 aliphatic carbocycles. The fourth-order valence-electron chi connectivity index (χ4n) is 3.06. The molecule has 2 atom stereocenters. The smallest absolute Gasteiger partial charge is 0.673 e. The molecule has 1 saturated carbocycles. The molecule has 1 fully saturated rings. The van der Waals surface area contributed by atoms with E-state index in [9.17, 15) is 18.0 Å². The SMILES string of the molecule is COc1cccc(C([NH-])C([CH-]C(=O)Nc2ccnc(C(F)(F)F)c2)C2CC2)c1.[Os+2]. The molecule has 1 aliphatic rings. The van der Waals surface area contributed by atoms with Crippen LogP contribution in [0, 0.1) is 18.3 Å². The number of rotatable bonds is 7. The van der Waals surface area contributed by atoms with Gasteiger partial charge in [0.15, 0.2) is 0 Å². The molecule has 3 rings (SSSR count). The normalized spacial score (nSPS) is 15.6. The van der Waals surface area contributed by atoms with E-state index in [0.29, 0.717) is 5.75 Å². The van der Waals surface area contributed by atoms with Gasteiger partial charge in [-0.3, -0.25) is 4.98 Å². The van der Waals surface area contributed by atoms with E-state index in [1.54, 1.807) is 31.4 Å². The number of methoxy groups -OCH3 is 1. The Kier molecular flexibility index (Phi) is 7.67. The van der Waals surface area contributed by atoms with Crippen molar-refractivity contribution < 1.29 is 42.5 Å². The molecule has 9 heteroatoms. The predicted octanol–water partition coefficient (Wildman–Crippen LogP) is 5.07. The summed E-state index contributed by atoms with van der Waals surface area (Å²) in [5.74, 6) is -0.0276. The zero-order valence-corrected chi connectivity index (χ0v) is 18.1. The molecule has 0 aliphatic heterocycles. The molecule has 0 radical (unpaired) electrons. The van der Waals surface area contributed by atoms with Crippen LogP contribution in [0.1, 0.15) is 30.1 Å². The number of amides is 1. The molecule has 0 bridgehead atoms. The molecule has 1 heterocycles. The van der Waals surface area contributed by atoms with Crippen molar-refractivity contribution in [3.63, 3.8) is 0 Å². The van der Waals surface area contributed by atoms with Crippen LogP contribution in [-0.4, -0.2) is 18.0 Å². The predicted molar refractivity (Wildman–Crippen MR) is 98.4 cm³/mol. The van der Waals surface area contributed by atoms with Crippen molar-refractivity contribution in [2.24, 2.45) is 11.8 Å². The number of carbonyl (C=O) groups excluding carboxylic acids is 1. The Hall–Kier alpha value is -2.10. The fraction of sp³-hybridized carbons (Fsp3) is 0.350. The van der Waals surface area contributed by atoms with Gasteiger partial charge in [-0.2, -0.15) is 19.1 Å². The van der Waals surface area contributed by atoms with Crippen LogP contribution in [-0.2, 0) is 30.8 Å². The molecule has 1 aromatic heterocycles. The van der Waals surface area contributed by atoms with E-state index in [-0.39, 0.29) is 37.3 Å². The minimum atomic E-state index is -4.58. The molecule has 0 spiro atoms. The van der Waals surface area contributed by atoms with Gasteiger partial charge < -0.3 is 27.0 Å². The second-order valence-corrected chi connectivity index (χ2v) is 6.75. The minimum Gasteiger partial charge on any atom is -0.673 e. The Labute approximate surface area is 180 Å². The molecule has 0 saturated heterocycles. The first-order valence-corrected chi connectivity index (χ1v) is 8.82. The van der Waals surface area contributed by atoms with Crippen LogP contribution < -0.4 is 10.1 Å². The van der Waals surface area contributed by atoms with E-state index in [2.05, 4.69) is 10.3 Å². The zero-order valence-electron chi connectivity index (χ0n) is 15.5. The summed E-state index contributed by atoms with van der Waals surface area (Å²) in [6, 6.07) is 8.55. The van der Waals surface area contributed by atoms with Gasteiger partial charge in [0.25, 0.3) is 0 Å². The Morgan fingerprint density at radius 1 is 1.31 bits per heavy atom. The summed E-state index contributed by atoms with van der Waals surface area (Å²) in [7, 11) is 1.54. The van der Waals surface area contributed by atoms with Crippen molar-refractivity contribution in [2.45, 2.75) is 25.1 Å². The van der Waals surface area contributed by atoms with Crippen molar-refractivity contribution >= 4 is 11.6 Å². The number of alkyl halides is 3. The average molecular weight is 582 g/mol. The molecule has 2 aromatic rings. The van der Waals surface area contributed by atoms with E-state index in [0.717, 1.165) is 30.7 Å². The monoisotopic (exact) mass is 583 g/mol. The first-order valence-electron chi connectivity index (χ1n) is 8.82. The van der Waals surface area contributed by atoms with Crippen molar-refractivity contribution in [3.8, 4) is 5.75 Å². The molecule has 29 heavy (non-hydrogen) atoms. The van der Waals surface area contributed by atoms with Crippen LogP contribution in [0.15, 0.2) is 42.6 Å². The Bertz CT molecular complexity index is 844. The molecule has 156 valence electrons. The molecule has 1 amide bonds. The van der Waals surface area contributed by atoms with Crippen LogP contribution in [0.2, 0.25) is 0 Å². The largest absolute Gasteiger partial charge is 2.00 e. The number of aromatic nitrogens is 1. The quantitative estimate of drug-likeness (QED) is 0.464. The number of hydrogen-bond acceptors (Lipinski definition) is 3. The van der Waals surface area contributed by atoms with Gasteiger partial charge >= 0.3 is 26.0 Å². The maximum absolute atomic E-state index is 12.8. The van der Waals surface area contributed by atoms with Gasteiger partial charge in [0, 0.05) is 11.9 Å². The zero-order chi connectivity index (χ0) is 20.3. The third-order valence-corrected chi connectivity index (χ3v) is 4.67. The van der Waals surface area contributed by atoms with Crippen LogP contribution in [0.4, 0.5) is 18.9 Å². The Morgan fingerprint density at radius 3 is 2.66 bits per heavy atom. The van der Waals surface area contributed by atoms with Crippen molar-refractivity contribution in [3.05, 3.63) is 66.0 Å². The minimum absolute atomic E-state index is 0. The number of carbonyl (C=O) groups is 1. The van der Waals surface area contributed by atoms with Crippen LogP contribution in [0.25, 0.3) is 5.73 Å². The molecule has 2 N–H and O–H groups in total. The fourth-order valence-corrected chi connectivity index (χ4v) is 3.06. The number of anilines is 1. The van der Waals surface area contributed by atoms with Crippen molar-refractivity contribution in [2.75, 3.05) is 12.4 Å². The summed E-state index contributed by atoms with van der Waals surface area (Å²) in [6.07, 6.45) is -0.342. The topological polar surface area (TPSA) is 75.0 Å². The van der Waals surface area contributed by atoms with Gasteiger partial charge in [-0.15, -0.1) is 6.04 Å². The number of hydrogen-bond donors (Lipinski definition) is 1. The summed E-state index contributed by atoms with van der Waals surface area (Å²) in [4.78, 5) is 15.7. The number of nitrogens with one attached hydrogen (secondary N) is 2. The first-order chi connectivity index (χ1) is 13.3. The van der Waals surface area contributed by atoms with Crippen LogP contribution in [0.3, 0.4) is 0 Å². The third kappa shape index (κ3) is 6.19. The molecular weight excluding hydrogens is 561 g/mol. The second-order valence-electron chi connectivity index (χ2n) is 6.75. The maximum atomic E-state index is 12.8. The maximum Gasteiger partial charge on any atom is 2.00 e. The second kappa shape index (κ2) is 9.60. The van der Waals surface area contributed by atoms with E-state index < -0.39 is 23.8 Å². The number of nitrogens with zero attached hydrogens (tertiary/aromatic N) is 1. The summed E-state index contributed by atoms with van der Waals surface area (Å²) >= 11 is 0. The number of ether oxygens (including phenoxy) is 1. The van der Waals surface area contributed by atoms with Gasteiger partial charge in [0.2, 0.25) is 0 Å². The van der Waals surface area contributed by atoms with Gasteiger partial charge in [0.1, 0.15) is 11.4 Å². The van der Waals surface area contributed by atoms with Crippen molar-refractivity contribution in [1.82, 2.24) is 4.98 Å². The van der Waals surface area contributed by atoms with E-state index in [1.165, 1.54) is 12.5 Å². The Morgan fingerprint density at radius 2 is 2.03 bits per heavy atom. The first kappa shape index (κ1) is 23.2. The third-order valence-electron chi connectivity index (χ3n) is 4.67. The molecular formula is C20H20F3N3O2Os. The molecule has 1 aromatic carbocycles. The Balaban J connectivity index is 0.00000300. The number of benzene rings is 1. The van der Waals surface area contributed by atoms with Crippen LogP contribution in [0.5, 0.6) is 5.75 Å². The van der Waals surface area contributed by atoms with Gasteiger partial charge in [-0.05, 0) is 24.3 Å². The van der Waals surface area contributed by atoms with Crippen molar-refractivity contribution in [1.29, 1.82) is 0 Å². The number of pyridine rings is 1. The number of halogens is 3. The average Bonchev–Trinajstić information content (AvgIpc) is 3.50. The summed E-state index contributed by atoms with van der Waals surface area (Å²) < 4.78 is 43.5. The van der Waals surface area contributed by atoms with Gasteiger partial charge in [-0.1, -0.05) is 36.5 Å². The standard InChI is InChI=1S/C20H20F3N3O2.Os/c1-28-15-4-2-3-13(9-15)19(24)16(12-5-6-12)11-18(27)26-14-7-8-25-17(10-14)20(21,22)23;/h2-4,7-12,16,19,24H,5-6H2,1H3,(H,25,26,27);/q-2;+2.